The van der Waals surface area contributed by atoms with Crippen LogP contribution < -0.4 is 4.72 Å². The normalized spacial score (nSPS) is 27.0. The third-order valence-corrected chi connectivity index (χ3v) is 6.74. The largest absolute Gasteiger partial charge is 0.383 e. The van der Waals surface area contributed by atoms with Crippen LogP contribution in [0.4, 0.5) is 0 Å². The Morgan fingerprint density at radius 2 is 2.11 bits per heavy atom. The monoisotopic (exact) mass is 299 g/mol. The van der Waals surface area contributed by atoms with Gasteiger partial charge in [0.25, 0.3) is 0 Å². The number of hydrogen-bond donors (Lipinski definition) is 2. The van der Waals surface area contributed by atoms with E-state index in [1.165, 1.54) is 0 Å². The van der Waals surface area contributed by atoms with Crippen molar-refractivity contribution in [2.24, 2.45) is 0 Å². The lowest BCUT2D eigenvalue weighted by Gasteiger charge is -2.34. The molecule has 4 nitrogen and oxygen atoms in total. The van der Waals surface area contributed by atoms with Gasteiger partial charge < -0.3 is 5.11 Å². The molecule has 1 aromatic carbocycles. The molecule has 1 aliphatic heterocycles. The lowest BCUT2D eigenvalue weighted by molar-refractivity contribution is 0.0659. The molecule has 19 heavy (non-hydrogen) atoms. The molecular weight excluding hydrogens is 282 g/mol. The Morgan fingerprint density at radius 1 is 1.37 bits per heavy atom. The Morgan fingerprint density at radius 3 is 2.84 bits per heavy atom. The van der Waals surface area contributed by atoms with Gasteiger partial charge in [0.1, 0.15) is 5.60 Å². The number of fused-ring (bicyclic) bond motifs is 1. The van der Waals surface area contributed by atoms with Crippen LogP contribution in [0.15, 0.2) is 24.3 Å². The highest BCUT2D eigenvalue weighted by atomic mass is 32.2. The van der Waals surface area contributed by atoms with Gasteiger partial charge in [-0.2, -0.15) is 11.8 Å². The fourth-order valence-corrected chi connectivity index (χ4v) is 4.97. The minimum Gasteiger partial charge on any atom is -0.383 e. The Bertz CT molecular complexity index is 583. The van der Waals surface area contributed by atoms with E-state index in [2.05, 4.69) is 4.72 Å². The minimum absolute atomic E-state index is 0.0653. The third kappa shape index (κ3) is 2.67. The van der Waals surface area contributed by atoms with E-state index in [-0.39, 0.29) is 11.8 Å². The number of benzene rings is 1. The molecule has 0 radical (unpaired) electrons. The van der Waals surface area contributed by atoms with Gasteiger partial charge in [-0.15, -0.1) is 0 Å². The van der Waals surface area contributed by atoms with E-state index in [9.17, 15) is 13.5 Å². The Balaban J connectivity index is 1.80. The highest BCUT2D eigenvalue weighted by Crippen LogP contribution is 2.36. The fraction of sp³-hybridized carbons (Fsp3) is 0.538. The number of nitrogens with one attached hydrogen (secondary N) is 1. The van der Waals surface area contributed by atoms with Crippen molar-refractivity contribution in [3.8, 4) is 0 Å². The minimum atomic E-state index is -3.25. The molecule has 2 aliphatic rings. The fourth-order valence-electron chi connectivity index (χ4n) is 2.37. The predicted molar refractivity (Wildman–Crippen MR) is 76.4 cm³/mol. The van der Waals surface area contributed by atoms with E-state index in [0.717, 1.165) is 29.7 Å². The summed E-state index contributed by atoms with van der Waals surface area (Å²) < 4.78 is 26.3. The van der Waals surface area contributed by atoms with Crippen molar-refractivity contribution >= 4 is 21.8 Å². The molecule has 0 bridgehead atoms. The zero-order valence-electron chi connectivity index (χ0n) is 10.5. The van der Waals surface area contributed by atoms with Crippen LogP contribution in [0.2, 0.25) is 0 Å². The predicted octanol–water partition coefficient (Wildman–Crippen LogP) is 1.20. The maximum absolute atomic E-state index is 11.9. The second-order valence-electron chi connectivity index (χ2n) is 5.25. The summed E-state index contributed by atoms with van der Waals surface area (Å²) in [5, 5.41) is 10.5. The Hall–Kier alpha value is -0.560. The summed E-state index contributed by atoms with van der Waals surface area (Å²) in [6.45, 7) is 0.0653. The molecule has 1 unspecified atom stereocenters. The number of aliphatic hydroxyl groups is 1. The molecule has 6 heteroatoms. The number of hydrogen-bond acceptors (Lipinski definition) is 4. The molecule has 0 spiro atoms. The average Bonchev–Trinajstić information content (AvgIpc) is 3.22. The molecule has 1 fully saturated rings. The molecule has 0 amide bonds. The van der Waals surface area contributed by atoms with Crippen LogP contribution in [0, 0.1) is 0 Å². The van der Waals surface area contributed by atoms with Crippen molar-refractivity contribution in [3.63, 3.8) is 0 Å². The summed E-state index contributed by atoms with van der Waals surface area (Å²) in [5.41, 5.74) is 0.848. The summed E-state index contributed by atoms with van der Waals surface area (Å²) in [4.78, 5) is 0. The first-order valence-corrected chi connectivity index (χ1v) is 9.08. The van der Waals surface area contributed by atoms with Crippen LogP contribution >= 0.6 is 11.8 Å². The van der Waals surface area contributed by atoms with Crippen LogP contribution in [-0.4, -0.2) is 31.1 Å². The van der Waals surface area contributed by atoms with Gasteiger partial charge in [-0.3, -0.25) is 0 Å². The first-order chi connectivity index (χ1) is 9.01. The Labute approximate surface area is 117 Å². The van der Waals surface area contributed by atoms with E-state index in [0.29, 0.717) is 5.75 Å². The van der Waals surface area contributed by atoms with E-state index in [1.54, 1.807) is 11.8 Å². The zero-order chi connectivity index (χ0) is 13.5. The van der Waals surface area contributed by atoms with Gasteiger partial charge in [-0.05, 0) is 24.0 Å². The number of thioether (sulfide) groups is 1. The van der Waals surface area contributed by atoms with Crippen molar-refractivity contribution in [1.82, 2.24) is 4.72 Å². The summed E-state index contributed by atoms with van der Waals surface area (Å²) in [6.07, 6.45) is 1.47. The molecule has 1 aliphatic carbocycles. The summed E-state index contributed by atoms with van der Waals surface area (Å²) in [6, 6.07) is 7.71. The second-order valence-corrected chi connectivity index (χ2v) is 8.28. The highest BCUT2D eigenvalue weighted by molar-refractivity contribution is 7.98. The lowest BCUT2D eigenvalue weighted by Crippen LogP contribution is -2.45. The average molecular weight is 299 g/mol. The molecule has 104 valence electrons. The van der Waals surface area contributed by atoms with Crippen LogP contribution in [0.25, 0.3) is 0 Å². The molecular formula is C13H17NO3S2. The van der Waals surface area contributed by atoms with Crippen LogP contribution in [0.5, 0.6) is 0 Å². The van der Waals surface area contributed by atoms with E-state index >= 15 is 0 Å². The maximum atomic E-state index is 11.9. The van der Waals surface area contributed by atoms with Gasteiger partial charge in [0.2, 0.25) is 10.0 Å². The molecule has 1 heterocycles. The molecule has 1 aromatic rings. The van der Waals surface area contributed by atoms with E-state index in [4.69, 9.17) is 0 Å². The lowest BCUT2D eigenvalue weighted by atomic mass is 9.91. The van der Waals surface area contributed by atoms with Gasteiger partial charge >= 0.3 is 0 Å². The smallest absolute Gasteiger partial charge is 0.214 e. The quantitative estimate of drug-likeness (QED) is 0.877. The van der Waals surface area contributed by atoms with Gasteiger partial charge in [-0.1, -0.05) is 24.3 Å². The number of sulfonamides is 1. The van der Waals surface area contributed by atoms with Crippen molar-refractivity contribution in [2.45, 2.75) is 29.4 Å². The van der Waals surface area contributed by atoms with Crippen molar-refractivity contribution in [1.29, 1.82) is 0 Å². The van der Waals surface area contributed by atoms with Gasteiger partial charge in [-0.25, -0.2) is 13.1 Å². The Kier molecular flexibility index (Phi) is 3.37. The van der Waals surface area contributed by atoms with Crippen LogP contribution in [0.3, 0.4) is 0 Å². The molecule has 0 saturated heterocycles. The van der Waals surface area contributed by atoms with E-state index < -0.39 is 15.6 Å². The molecule has 1 saturated carbocycles. The highest BCUT2D eigenvalue weighted by Gasteiger charge is 2.40. The first kappa shape index (κ1) is 13.4. The second kappa shape index (κ2) is 4.77. The van der Waals surface area contributed by atoms with Gasteiger partial charge in [0.05, 0.1) is 5.25 Å². The maximum Gasteiger partial charge on any atom is 0.214 e. The van der Waals surface area contributed by atoms with Crippen LogP contribution in [-0.2, 0) is 21.4 Å². The van der Waals surface area contributed by atoms with Gasteiger partial charge in [0, 0.05) is 18.1 Å². The van der Waals surface area contributed by atoms with E-state index in [1.807, 2.05) is 24.3 Å². The SMILES string of the molecule is O=S(=O)(NCC1(O)CSCc2ccccc21)C1CC1. The molecule has 3 rings (SSSR count). The van der Waals surface area contributed by atoms with Crippen molar-refractivity contribution < 1.29 is 13.5 Å². The summed E-state index contributed by atoms with van der Waals surface area (Å²) in [7, 11) is -3.25. The van der Waals surface area contributed by atoms with Crippen LogP contribution in [0.1, 0.15) is 24.0 Å². The standard InChI is InChI=1S/C13H17NO3S2/c15-13(8-14-19(16,17)11-5-6-11)9-18-7-10-3-1-2-4-12(10)13/h1-4,11,14-15H,5-9H2. The molecule has 0 aromatic heterocycles. The number of rotatable bonds is 4. The molecule has 1 atom stereocenters. The van der Waals surface area contributed by atoms with Crippen molar-refractivity contribution in [2.75, 3.05) is 12.3 Å². The molecule has 2 N–H and O–H groups in total. The van der Waals surface area contributed by atoms with Crippen molar-refractivity contribution in [3.05, 3.63) is 35.4 Å². The zero-order valence-corrected chi connectivity index (χ0v) is 12.1. The summed E-state index contributed by atoms with van der Waals surface area (Å²) in [5.74, 6) is 1.39. The first-order valence-electron chi connectivity index (χ1n) is 6.38. The third-order valence-electron chi connectivity index (χ3n) is 3.65. The van der Waals surface area contributed by atoms with Gasteiger partial charge in [0.15, 0.2) is 0 Å². The topological polar surface area (TPSA) is 66.4 Å². The summed E-state index contributed by atoms with van der Waals surface area (Å²) >= 11 is 1.63.